The number of anilines is 1. The van der Waals surface area contributed by atoms with E-state index in [4.69, 9.17) is 7.85 Å². The van der Waals surface area contributed by atoms with Gasteiger partial charge in [0.2, 0.25) is 0 Å². The zero-order valence-electron chi connectivity index (χ0n) is 16.3. The number of carbonyl (C=O) groups excluding carboxylic acids is 2. The summed E-state index contributed by atoms with van der Waals surface area (Å²) >= 11 is 0. The maximum absolute atomic E-state index is 12.9. The van der Waals surface area contributed by atoms with Crippen LogP contribution in [0.5, 0.6) is 0 Å². The molecule has 1 aromatic carbocycles. The lowest BCUT2D eigenvalue weighted by molar-refractivity contribution is -0.137. The molecule has 1 atom stereocenters. The Morgan fingerprint density at radius 2 is 1.77 bits per heavy atom. The van der Waals surface area contributed by atoms with Gasteiger partial charge in [-0.1, -0.05) is 0 Å². The molecule has 0 bridgehead atoms. The lowest BCUT2D eigenvalue weighted by Gasteiger charge is -2.22. The molecule has 13 heteroatoms. The summed E-state index contributed by atoms with van der Waals surface area (Å²) in [6.07, 6.45) is -3.99. The molecule has 2 rings (SSSR count). The topological polar surface area (TPSA) is 125 Å². The number of sulfone groups is 1. The van der Waals surface area contributed by atoms with Gasteiger partial charge in [0, 0.05) is 18.8 Å². The Balaban J connectivity index is 2.21. The molecule has 8 nitrogen and oxygen atoms in total. The van der Waals surface area contributed by atoms with Crippen molar-refractivity contribution >= 4 is 40.8 Å². The molecule has 0 spiro atoms. The predicted molar refractivity (Wildman–Crippen MR) is 106 cm³/mol. The second kappa shape index (κ2) is 8.67. The minimum atomic E-state index is -4.83. The summed E-state index contributed by atoms with van der Waals surface area (Å²) in [6, 6.07) is 5.28. The van der Waals surface area contributed by atoms with Gasteiger partial charge in [-0.3, -0.25) is 14.6 Å². The Hall–Kier alpha value is -2.93. The van der Waals surface area contributed by atoms with Crippen LogP contribution in [0.15, 0.2) is 41.4 Å². The number of aliphatic hydroxyl groups is 1. The Kier molecular flexibility index (Phi) is 6.81. The lowest BCUT2D eigenvalue weighted by atomic mass is 9.97. The largest absolute Gasteiger partial charge is 0.417 e. The summed E-state index contributed by atoms with van der Waals surface area (Å²) < 4.78 is 63.9. The fourth-order valence-corrected chi connectivity index (χ4v) is 4.10. The molecule has 164 valence electrons. The number of benzene rings is 1. The SMILES string of the molecule is [B]c1ncc(NC(=O)[C@@](C)(O)CS(=O)(=O)c2ccc(C(=O)NC)cc2)cc1C(F)(F)F. The Labute approximate surface area is 177 Å². The second-order valence-corrected chi connectivity index (χ2v) is 8.73. The van der Waals surface area contributed by atoms with Crippen LogP contribution in [-0.4, -0.2) is 56.6 Å². The Morgan fingerprint density at radius 1 is 1.19 bits per heavy atom. The standard InChI is InChI=1S/C18H17BF3N3O5S/c1-17(28,9-31(29,30)12-5-3-10(4-6-12)15(26)23-2)16(27)25-11-7-13(18(20,21)22)14(19)24-8-11/h3-8,28H,9H2,1-2H3,(H,23,26)(H,25,27)/t17-/m0/s1. The third-order valence-corrected chi connectivity index (χ3v) is 6.08. The van der Waals surface area contributed by atoms with Crippen molar-refractivity contribution in [2.45, 2.75) is 23.6 Å². The molecule has 0 unspecified atom stereocenters. The second-order valence-electron chi connectivity index (χ2n) is 6.75. The van der Waals surface area contributed by atoms with Crippen molar-refractivity contribution < 1.29 is 36.3 Å². The van der Waals surface area contributed by atoms with E-state index >= 15 is 0 Å². The van der Waals surface area contributed by atoms with Crippen molar-refractivity contribution in [3.8, 4) is 0 Å². The highest BCUT2D eigenvalue weighted by atomic mass is 32.2. The number of rotatable bonds is 6. The number of hydrogen-bond donors (Lipinski definition) is 3. The van der Waals surface area contributed by atoms with Crippen LogP contribution in [0.25, 0.3) is 0 Å². The van der Waals surface area contributed by atoms with E-state index in [0.29, 0.717) is 6.07 Å². The molecule has 0 saturated carbocycles. The van der Waals surface area contributed by atoms with Crippen molar-refractivity contribution in [3.63, 3.8) is 0 Å². The molecular weight excluding hydrogens is 438 g/mol. The van der Waals surface area contributed by atoms with Gasteiger partial charge >= 0.3 is 6.18 Å². The molecule has 0 saturated heterocycles. The van der Waals surface area contributed by atoms with Crippen LogP contribution < -0.4 is 16.2 Å². The summed E-state index contributed by atoms with van der Waals surface area (Å²) in [5.74, 6) is -2.77. The van der Waals surface area contributed by atoms with E-state index < -0.39 is 56.0 Å². The normalized spacial score (nSPS) is 13.9. The number of carbonyl (C=O) groups is 2. The van der Waals surface area contributed by atoms with Gasteiger partial charge in [0.15, 0.2) is 15.4 Å². The van der Waals surface area contributed by atoms with Crippen LogP contribution >= 0.6 is 0 Å². The van der Waals surface area contributed by atoms with E-state index in [0.717, 1.165) is 25.3 Å². The number of amides is 2. The molecule has 3 N–H and O–H groups in total. The van der Waals surface area contributed by atoms with Crippen LogP contribution in [0.4, 0.5) is 18.9 Å². The summed E-state index contributed by atoms with van der Waals surface area (Å²) in [7, 11) is 2.38. The number of hydrogen-bond acceptors (Lipinski definition) is 6. The number of nitrogens with one attached hydrogen (secondary N) is 2. The van der Waals surface area contributed by atoms with Crippen LogP contribution in [0.1, 0.15) is 22.8 Å². The lowest BCUT2D eigenvalue weighted by Crippen LogP contribution is -2.46. The first kappa shape index (κ1) is 24.3. The number of pyridine rings is 1. The van der Waals surface area contributed by atoms with Crippen LogP contribution in [0.3, 0.4) is 0 Å². The average molecular weight is 455 g/mol. The van der Waals surface area contributed by atoms with Gasteiger partial charge in [0.1, 0.15) is 7.85 Å². The van der Waals surface area contributed by atoms with E-state index in [2.05, 4.69) is 10.3 Å². The van der Waals surface area contributed by atoms with Gasteiger partial charge in [-0.05, 0) is 42.8 Å². The maximum Gasteiger partial charge on any atom is 0.417 e. The molecule has 1 heterocycles. The molecule has 2 amide bonds. The van der Waals surface area contributed by atoms with E-state index in [-0.39, 0.29) is 10.5 Å². The minimum absolute atomic E-state index is 0.197. The third-order valence-electron chi connectivity index (χ3n) is 4.14. The molecule has 0 fully saturated rings. The smallest absolute Gasteiger partial charge is 0.379 e. The first-order chi connectivity index (χ1) is 14.2. The molecule has 0 aliphatic carbocycles. The van der Waals surface area contributed by atoms with Crippen molar-refractivity contribution in [3.05, 3.63) is 47.7 Å². The first-order valence-electron chi connectivity index (χ1n) is 8.59. The molecule has 31 heavy (non-hydrogen) atoms. The number of aromatic nitrogens is 1. The van der Waals surface area contributed by atoms with Gasteiger partial charge in [-0.2, -0.15) is 13.2 Å². The zero-order chi connectivity index (χ0) is 23.6. The third kappa shape index (κ3) is 5.82. The van der Waals surface area contributed by atoms with Crippen molar-refractivity contribution in [1.29, 1.82) is 0 Å². The van der Waals surface area contributed by atoms with E-state index in [1.807, 2.05) is 5.32 Å². The zero-order valence-corrected chi connectivity index (χ0v) is 17.1. The van der Waals surface area contributed by atoms with E-state index in [1.54, 1.807) is 0 Å². The summed E-state index contributed by atoms with van der Waals surface area (Å²) in [4.78, 5) is 27.0. The highest BCUT2D eigenvalue weighted by molar-refractivity contribution is 7.91. The number of alkyl halides is 3. The number of halogens is 3. The van der Waals surface area contributed by atoms with Crippen LogP contribution in [-0.2, 0) is 20.8 Å². The average Bonchev–Trinajstić information content (AvgIpc) is 2.67. The van der Waals surface area contributed by atoms with Gasteiger partial charge < -0.3 is 15.7 Å². The first-order valence-corrected chi connectivity index (χ1v) is 10.2. The molecule has 1 aromatic heterocycles. The quantitative estimate of drug-likeness (QED) is 0.543. The summed E-state index contributed by atoms with van der Waals surface area (Å²) in [5.41, 5.74) is -4.84. The van der Waals surface area contributed by atoms with Crippen molar-refractivity contribution in [1.82, 2.24) is 10.3 Å². The summed E-state index contributed by atoms with van der Waals surface area (Å²) in [5, 5.41) is 14.8. The Bertz CT molecular complexity index is 1100. The fourth-order valence-electron chi connectivity index (χ4n) is 2.51. The van der Waals surface area contributed by atoms with Crippen molar-refractivity contribution in [2.75, 3.05) is 18.1 Å². The molecule has 0 aliphatic heterocycles. The van der Waals surface area contributed by atoms with Crippen molar-refractivity contribution in [2.24, 2.45) is 0 Å². The van der Waals surface area contributed by atoms with Gasteiger partial charge in [-0.25, -0.2) is 8.42 Å². The van der Waals surface area contributed by atoms with E-state index in [9.17, 15) is 36.3 Å². The van der Waals surface area contributed by atoms with Gasteiger partial charge in [0.05, 0.1) is 21.9 Å². The molecule has 0 aliphatic rings. The summed E-state index contributed by atoms with van der Waals surface area (Å²) in [6.45, 7) is 0.897. The Morgan fingerprint density at radius 3 is 2.29 bits per heavy atom. The maximum atomic E-state index is 12.9. The van der Waals surface area contributed by atoms with Crippen LogP contribution in [0, 0.1) is 0 Å². The van der Waals surface area contributed by atoms with E-state index in [1.165, 1.54) is 19.2 Å². The van der Waals surface area contributed by atoms with Gasteiger partial charge in [0.25, 0.3) is 11.8 Å². The van der Waals surface area contributed by atoms with Crippen LogP contribution in [0.2, 0.25) is 0 Å². The monoisotopic (exact) mass is 455 g/mol. The predicted octanol–water partition coefficient (Wildman–Crippen LogP) is 0.417. The number of nitrogens with zero attached hydrogens (tertiary/aromatic N) is 1. The fraction of sp³-hybridized carbons (Fsp3) is 0.278. The highest BCUT2D eigenvalue weighted by Gasteiger charge is 2.38. The molecule has 2 radical (unpaired) electrons. The molecular formula is C18H17BF3N3O5S. The van der Waals surface area contributed by atoms with Gasteiger partial charge in [-0.15, -0.1) is 0 Å². The highest BCUT2D eigenvalue weighted by Crippen LogP contribution is 2.29. The minimum Gasteiger partial charge on any atom is -0.379 e. The molecule has 2 aromatic rings.